The molecule has 0 spiro atoms. The minimum atomic E-state index is -0.571. The summed E-state index contributed by atoms with van der Waals surface area (Å²) in [5.41, 5.74) is 6.84. The monoisotopic (exact) mass is 507 g/mol. The molecule has 1 aromatic rings. The number of aliphatic hydroxyl groups excluding tert-OH is 1. The average molecular weight is 507 g/mol. The summed E-state index contributed by atoms with van der Waals surface area (Å²) in [4.78, 5) is 27.9. The van der Waals surface area contributed by atoms with E-state index in [1.165, 1.54) is 10.8 Å². The number of nitrogens with zero attached hydrogens (tertiary/aromatic N) is 2. The van der Waals surface area contributed by atoms with Crippen molar-refractivity contribution < 1.29 is 31.0 Å². The fraction of sp³-hybridized carbons (Fsp3) is 0.688. The molecule has 3 N–H and O–H groups in total. The third-order valence-corrected chi connectivity index (χ3v) is 3.74. The minimum absolute atomic E-state index is 0. The van der Waals surface area contributed by atoms with Crippen molar-refractivity contribution in [1.82, 2.24) is 14.9 Å². The zero-order chi connectivity index (χ0) is 17.8. The molecule has 0 unspecified atom stereocenters. The number of aromatic nitrogens is 2. The van der Waals surface area contributed by atoms with E-state index < -0.39 is 11.1 Å². The summed E-state index contributed by atoms with van der Waals surface area (Å²) >= 11 is 0. The summed E-state index contributed by atoms with van der Waals surface area (Å²) < 4.78 is 1.25. The van der Waals surface area contributed by atoms with Gasteiger partial charge >= 0.3 is 0 Å². The van der Waals surface area contributed by atoms with Crippen LogP contribution >= 0.6 is 0 Å². The third kappa shape index (κ3) is 6.73. The SMILES string of the molecule is Cc1cnc([NH-])c(=O)n1CC(=O)NC(C)(C)CC(C)(C)CCO.[W]. The van der Waals surface area contributed by atoms with Gasteiger partial charge in [-0.1, -0.05) is 20.0 Å². The molecule has 1 amide bonds. The molecule has 0 aliphatic rings. The van der Waals surface area contributed by atoms with Crippen LogP contribution in [0.25, 0.3) is 5.73 Å². The second-order valence-corrected chi connectivity index (χ2v) is 7.39. The second-order valence-electron chi connectivity index (χ2n) is 7.39. The largest absolute Gasteiger partial charge is 0.478 e. The van der Waals surface area contributed by atoms with Crippen LogP contribution in [0.2, 0.25) is 0 Å². The molecule has 0 saturated heterocycles. The number of carbonyl (C=O) groups is 1. The predicted molar refractivity (Wildman–Crippen MR) is 89.5 cm³/mol. The van der Waals surface area contributed by atoms with E-state index in [1.54, 1.807) is 6.92 Å². The molecule has 1 rings (SSSR count). The van der Waals surface area contributed by atoms with Crippen molar-refractivity contribution in [2.45, 2.75) is 59.5 Å². The molecule has 8 heteroatoms. The molecule has 0 bridgehead atoms. The van der Waals surface area contributed by atoms with E-state index in [0.717, 1.165) is 0 Å². The summed E-state index contributed by atoms with van der Waals surface area (Å²) in [6, 6.07) is 0. The van der Waals surface area contributed by atoms with E-state index in [4.69, 9.17) is 10.8 Å². The van der Waals surface area contributed by atoms with Crippen molar-refractivity contribution in [3.8, 4) is 0 Å². The van der Waals surface area contributed by atoms with Gasteiger partial charge in [-0.05, 0) is 39.0 Å². The quantitative estimate of drug-likeness (QED) is 0.588. The van der Waals surface area contributed by atoms with Gasteiger partial charge in [-0.3, -0.25) is 9.59 Å². The minimum Gasteiger partial charge on any atom is -0.478 e. The van der Waals surface area contributed by atoms with Gasteiger partial charge in [-0.15, -0.1) is 0 Å². The summed E-state index contributed by atoms with van der Waals surface area (Å²) in [6.45, 7) is 9.57. The van der Waals surface area contributed by atoms with Crippen LogP contribution < -0.4 is 10.9 Å². The van der Waals surface area contributed by atoms with Gasteiger partial charge in [0.25, 0.3) is 0 Å². The van der Waals surface area contributed by atoms with Crippen molar-refractivity contribution in [3.63, 3.8) is 0 Å². The first-order valence-corrected chi connectivity index (χ1v) is 7.67. The molecule has 0 aromatic carbocycles. The number of hydrogen-bond donors (Lipinski definition) is 2. The predicted octanol–water partition coefficient (Wildman–Crippen LogP) is 1.93. The van der Waals surface area contributed by atoms with Crippen molar-refractivity contribution in [2.24, 2.45) is 5.41 Å². The maximum absolute atomic E-state index is 12.3. The molecular weight excluding hydrogens is 480 g/mol. The number of aliphatic hydroxyl groups is 1. The van der Waals surface area contributed by atoms with Crippen LogP contribution in [0.4, 0.5) is 5.82 Å². The van der Waals surface area contributed by atoms with Gasteiger partial charge in [0.15, 0.2) is 0 Å². The van der Waals surface area contributed by atoms with E-state index >= 15 is 0 Å². The Bertz CT molecular complexity index is 626. The van der Waals surface area contributed by atoms with Crippen LogP contribution in [0.1, 0.15) is 46.2 Å². The molecule has 0 aliphatic heterocycles. The van der Waals surface area contributed by atoms with Gasteiger partial charge in [-0.2, -0.15) is 0 Å². The average Bonchev–Trinajstić information content (AvgIpc) is 2.37. The molecule has 0 fully saturated rings. The Morgan fingerprint density at radius 1 is 1.38 bits per heavy atom. The van der Waals surface area contributed by atoms with Crippen LogP contribution in [0.15, 0.2) is 11.0 Å². The van der Waals surface area contributed by atoms with Crippen molar-refractivity contribution >= 4 is 11.7 Å². The fourth-order valence-corrected chi connectivity index (χ4v) is 2.96. The van der Waals surface area contributed by atoms with Crippen LogP contribution in [-0.4, -0.2) is 32.7 Å². The number of hydrogen-bond acceptors (Lipinski definition) is 4. The molecule has 0 aliphatic carbocycles. The molecule has 136 valence electrons. The summed E-state index contributed by atoms with van der Waals surface area (Å²) in [7, 11) is 0. The zero-order valence-electron chi connectivity index (χ0n) is 15.0. The first-order chi connectivity index (χ1) is 10.5. The van der Waals surface area contributed by atoms with Crippen LogP contribution in [-0.2, 0) is 32.4 Å². The Labute approximate surface area is 157 Å². The van der Waals surface area contributed by atoms with Gasteiger partial charge in [0.2, 0.25) is 11.5 Å². The van der Waals surface area contributed by atoms with Crippen LogP contribution in [0.5, 0.6) is 0 Å². The van der Waals surface area contributed by atoms with Gasteiger partial charge in [0, 0.05) is 44.7 Å². The Kier molecular flexibility index (Phi) is 8.33. The normalized spacial score (nSPS) is 11.8. The smallest absolute Gasteiger partial charge is 0.249 e. The number of amides is 1. The van der Waals surface area contributed by atoms with Crippen molar-refractivity contribution in [3.05, 3.63) is 28.0 Å². The number of carbonyl (C=O) groups excluding carboxylic acids is 1. The molecular formula is C16H27N4O3W-. The van der Waals surface area contributed by atoms with E-state index in [-0.39, 0.29) is 51.4 Å². The van der Waals surface area contributed by atoms with Gasteiger partial charge in [0.1, 0.15) is 6.54 Å². The molecule has 0 saturated carbocycles. The fourth-order valence-electron chi connectivity index (χ4n) is 2.96. The number of aryl methyl sites for hydroxylation is 1. The zero-order valence-corrected chi connectivity index (χ0v) is 17.9. The second kappa shape index (κ2) is 8.77. The van der Waals surface area contributed by atoms with Crippen molar-refractivity contribution in [2.75, 3.05) is 6.61 Å². The summed E-state index contributed by atoms with van der Waals surface area (Å²) in [5, 5.41) is 12.0. The topological polar surface area (TPSA) is 108 Å². The van der Waals surface area contributed by atoms with Crippen molar-refractivity contribution in [1.29, 1.82) is 0 Å². The van der Waals surface area contributed by atoms with Gasteiger partial charge in [-0.25, -0.2) is 0 Å². The van der Waals surface area contributed by atoms with Gasteiger partial charge < -0.3 is 25.7 Å². The molecule has 24 heavy (non-hydrogen) atoms. The van der Waals surface area contributed by atoms with Crippen LogP contribution in [0, 0.1) is 12.3 Å². The standard InChI is InChI=1S/C16H28N4O3.W/c1-11-8-18-13(17)14(23)20(11)9-12(22)19-16(4,5)10-15(2,3)6-7-21;/h8,21H,6-7,9-10H2,1-5H3,(H3,17,18,19,22);/p-1. The van der Waals surface area contributed by atoms with E-state index in [0.29, 0.717) is 18.5 Å². The maximum atomic E-state index is 12.3. The van der Waals surface area contributed by atoms with E-state index in [1.807, 2.05) is 27.7 Å². The number of rotatable bonds is 7. The third-order valence-electron chi connectivity index (χ3n) is 3.74. The summed E-state index contributed by atoms with van der Waals surface area (Å²) in [5.74, 6) is -0.655. The Hall–Kier alpha value is -1.20. The maximum Gasteiger partial charge on any atom is 0.249 e. The summed E-state index contributed by atoms with van der Waals surface area (Å²) in [6.07, 6.45) is 2.75. The Morgan fingerprint density at radius 3 is 2.50 bits per heavy atom. The Balaban J connectivity index is 0.00000529. The molecule has 1 heterocycles. The van der Waals surface area contributed by atoms with Gasteiger partial charge in [0.05, 0.1) is 0 Å². The van der Waals surface area contributed by atoms with E-state index in [9.17, 15) is 9.59 Å². The first kappa shape index (κ1) is 22.8. The molecule has 1 aromatic heterocycles. The van der Waals surface area contributed by atoms with E-state index in [2.05, 4.69) is 10.3 Å². The number of nitrogens with one attached hydrogen (secondary N) is 2. The van der Waals surface area contributed by atoms with Crippen LogP contribution in [0.3, 0.4) is 0 Å². The first-order valence-electron chi connectivity index (χ1n) is 7.67. The molecule has 0 radical (unpaired) electrons. The molecule has 0 atom stereocenters. The molecule has 7 nitrogen and oxygen atoms in total. The Morgan fingerprint density at radius 2 is 1.96 bits per heavy atom.